The normalized spacial score (nSPS) is 20.1. The zero-order valence-corrected chi connectivity index (χ0v) is 13.5. The summed E-state index contributed by atoms with van der Waals surface area (Å²) in [6.07, 6.45) is 5.32. The molecule has 0 radical (unpaired) electrons. The van der Waals surface area contributed by atoms with Gasteiger partial charge in [0.25, 0.3) is 0 Å². The molecule has 0 aromatic carbocycles. The largest absolute Gasteiger partial charge is 0.383 e. The topological polar surface area (TPSA) is 37.4 Å². The molecule has 5 heteroatoms. The average molecular weight is 297 g/mol. The highest BCUT2D eigenvalue weighted by atomic mass is 32.1. The number of nitrogens with zero attached hydrogens (tertiary/aromatic N) is 2. The number of methoxy groups -OCH3 is 1. The minimum Gasteiger partial charge on any atom is -0.383 e. The molecular formula is C15H27N3OS. The molecule has 0 amide bonds. The highest BCUT2D eigenvalue weighted by Gasteiger charge is 2.17. The Hall–Kier alpha value is -0.650. The van der Waals surface area contributed by atoms with Crippen molar-refractivity contribution in [2.24, 2.45) is 5.92 Å². The third-order valence-corrected chi connectivity index (χ3v) is 4.97. The van der Waals surface area contributed by atoms with Crippen LogP contribution in [0.2, 0.25) is 0 Å². The first kappa shape index (κ1) is 15.7. The molecule has 1 saturated heterocycles. The van der Waals surface area contributed by atoms with E-state index in [-0.39, 0.29) is 0 Å². The molecule has 2 rings (SSSR count). The Bertz CT molecular complexity index is 383. The Balaban J connectivity index is 1.81. The molecule has 0 saturated carbocycles. The lowest BCUT2D eigenvalue weighted by molar-refractivity contribution is 0.199. The van der Waals surface area contributed by atoms with E-state index in [1.807, 2.05) is 0 Å². The second kappa shape index (κ2) is 8.60. The smallest absolute Gasteiger partial charge is 0.185 e. The summed E-state index contributed by atoms with van der Waals surface area (Å²) in [5.74, 6) is 0.912. The highest BCUT2D eigenvalue weighted by molar-refractivity contribution is 7.13. The van der Waals surface area contributed by atoms with Crippen molar-refractivity contribution < 1.29 is 4.74 Å². The first-order valence-electron chi connectivity index (χ1n) is 7.72. The van der Waals surface area contributed by atoms with Gasteiger partial charge in [0.05, 0.1) is 12.3 Å². The molecule has 2 heterocycles. The summed E-state index contributed by atoms with van der Waals surface area (Å²) in [5, 5.41) is 6.73. The van der Waals surface area contributed by atoms with Crippen LogP contribution in [0.3, 0.4) is 0 Å². The molecular weight excluding hydrogens is 270 g/mol. The maximum atomic E-state index is 5.03. The fourth-order valence-corrected chi connectivity index (χ4v) is 3.56. The lowest BCUT2D eigenvalue weighted by Gasteiger charge is -2.19. The van der Waals surface area contributed by atoms with Crippen LogP contribution in [0.4, 0.5) is 5.13 Å². The van der Waals surface area contributed by atoms with Crippen LogP contribution in [0.1, 0.15) is 38.3 Å². The van der Waals surface area contributed by atoms with Gasteiger partial charge in [-0.05, 0) is 25.2 Å². The molecule has 1 fully saturated rings. The maximum absolute atomic E-state index is 5.03. The summed E-state index contributed by atoms with van der Waals surface area (Å²) < 4.78 is 5.03. The molecule has 20 heavy (non-hydrogen) atoms. The van der Waals surface area contributed by atoms with Gasteiger partial charge in [0, 0.05) is 38.7 Å². The second-order valence-corrected chi connectivity index (χ2v) is 6.32. The molecule has 1 aromatic rings. The van der Waals surface area contributed by atoms with E-state index in [2.05, 4.69) is 22.5 Å². The number of anilines is 1. The fraction of sp³-hybridized carbons (Fsp3) is 0.800. The summed E-state index contributed by atoms with van der Waals surface area (Å²) in [4.78, 5) is 7.24. The van der Waals surface area contributed by atoms with E-state index in [9.17, 15) is 0 Å². The van der Waals surface area contributed by atoms with Crippen LogP contribution in [0.15, 0.2) is 5.38 Å². The SMILES string of the molecule is CCC1CCCN(c2nc(CNCCOC)cs2)CC1. The lowest BCUT2D eigenvalue weighted by Crippen LogP contribution is -2.24. The van der Waals surface area contributed by atoms with Gasteiger partial charge in [-0.2, -0.15) is 0 Å². The van der Waals surface area contributed by atoms with Gasteiger partial charge in [0.1, 0.15) is 0 Å². The van der Waals surface area contributed by atoms with Crippen molar-refractivity contribution in [1.82, 2.24) is 10.3 Å². The molecule has 1 aromatic heterocycles. The average Bonchev–Trinajstić information content (AvgIpc) is 2.80. The molecule has 0 aliphatic carbocycles. The van der Waals surface area contributed by atoms with Crippen LogP contribution in [0, 0.1) is 5.92 Å². The number of aromatic nitrogens is 1. The van der Waals surface area contributed by atoms with Crippen LogP contribution in [-0.2, 0) is 11.3 Å². The Morgan fingerprint density at radius 3 is 3.15 bits per heavy atom. The third kappa shape index (κ3) is 4.72. The summed E-state index contributed by atoms with van der Waals surface area (Å²) in [6, 6.07) is 0. The van der Waals surface area contributed by atoms with Crippen LogP contribution in [0.25, 0.3) is 0 Å². The minimum absolute atomic E-state index is 0.752. The van der Waals surface area contributed by atoms with Crippen molar-refractivity contribution in [3.8, 4) is 0 Å². The molecule has 1 unspecified atom stereocenters. The van der Waals surface area contributed by atoms with Gasteiger partial charge in [0.2, 0.25) is 0 Å². The van der Waals surface area contributed by atoms with E-state index in [0.717, 1.165) is 31.3 Å². The van der Waals surface area contributed by atoms with E-state index in [0.29, 0.717) is 0 Å². The number of nitrogens with one attached hydrogen (secondary N) is 1. The van der Waals surface area contributed by atoms with Gasteiger partial charge in [-0.25, -0.2) is 4.98 Å². The zero-order chi connectivity index (χ0) is 14.2. The molecule has 0 spiro atoms. The molecule has 1 atom stereocenters. The minimum atomic E-state index is 0.752. The lowest BCUT2D eigenvalue weighted by atomic mass is 9.98. The number of rotatable bonds is 7. The number of hydrogen-bond donors (Lipinski definition) is 1. The molecule has 0 bridgehead atoms. The Morgan fingerprint density at radius 2 is 2.35 bits per heavy atom. The van der Waals surface area contributed by atoms with Crippen molar-refractivity contribution in [3.05, 3.63) is 11.1 Å². The van der Waals surface area contributed by atoms with Gasteiger partial charge in [-0.1, -0.05) is 13.3 Å². The van der Waals surface area contributed by atoms with Crippen molar-refractivity contribution in [2.45, 2.75) is 39.2 Å². The Labute approximate surface area is 126 Å². The number of thiazole rings is 1. The van der Waals surface area contributed by atoms with E-state index >= 15 is 0 Å². The second-order valence-electron chi connectivity index (χ2n) is 5.48. The van der Waals surface area contributed by atoms with Crippen LogP contribution < -0.4 is 10.2 Å². The van der Waals surface area contributed by atoms with E-state index in [4.69, 9.17) is 9.72 Å². The van der Waals surface area contributed by atoms with Crippen molar-refractivity contribution in [1.29, 1.82) is 0 Å². The summed E-state index contributed by atoms with van der Waals surface area (Å²) in [5.41, 5.74) is 1.15. The van der Waals surface area contributed by atoms with E-state index in [1.165, 1.54) is 43.9 Å². The molecule has 114 valence electrons. The molecule has 1 N–H and O–H groups in total. The molecule has 1 aliphatic heterocycles. The quantitative estimate of drug-likeness (QED) is 0.785. The fourth-order valence-electron chi connectivity index (χ4n) is 2.68. The maximum Gasteiger partial charge on any atom is 0.185 e. The van der Waals surface area contributed by atoms with Crippen LogP contribution in [-0.4, -0.2) is 38.3 Å². The standard InChI is InChI=1S/C15H27N3OS/c1-3-13-5-4-8-18(9-6-13)15-17-14(12-20-15)11-16-7-10-19-2/h12-13,16H,3-11H2,1-2H3. The van der Waals surface area contributed by atoms with E-state index < -0.39 is 0 Å². The zero-order valence-electron chi connectivity index (χ0n) is 12.7. The highest BCUT2D eigenvalue weighted by Crippen LogP contribution is 2.26. The van der Waals surface area contributed by atoms with Crippen molar-refractivity contribution in [2.75, 3.05) is 38.3 Å². The Morgan fingerprint density at radius 1 is 1.45 bits per heavy atom. The first-order valence-corrected chi connectivity index (χ1v) is 8.60. The van der Waals surface area contributed by atoms with Gasteiger partial charge >= 0.3 is 0 Å². The van der Waals surface area contributed by atoms with Crippen molar-refractivity contribution in [3.63, 3.8) is 0 Å². The van der Waals surface area contributed by atoms with Crippen LogP contribution in [0.5, 0.6) is 0 Å². The van der Waals surface area contributed by atoms with Crippen molar-refractivity contribution >= 4 is 16.5 Å². The number of hydrogen-bond acceptors (Lipinski definition) is 5. The molecule has 1 aliphatic rings. The van der Waals surface area contributed by atoms with E-state index in [1.54, 1.807) is 18.4 Å². The summed E-state index contributed by atoms with van der Waals surface area (Å²) in [7, 11) is 1.73. The predicted molar refractivity (Wildman–Crippen MR) is 85.5 cm³/mol. The Kier molecular flexibility index (Phi) is 6.76. The van der Waals surface area contributed by atoms with Gasteiger partial charge < -0.3 is 15.0 Å². The van der Waals surface area contributed by atoms with Gasteiger partial charge in [0.15, 0.2) is 5.13 Å². The third-order valence-electron chi connectivity index (χ3n) is 4.02. The molecule has 4 nitrogen and oxygen atoms in total. The first-order chi connectivity index (χ1) is 9.83. The summed E-state index contributed by atoms with van der Waals surface area (Å²) >= 11 is 1.78. The van der Waals surface area contributed by atoms with Crippen LogP contribution >= 0.6 is 11.3 Å². The summed E-state index contributed by atoms with van der Waals surface area (Å²) in [6.45, 7) is 7.12. The monoisotopic (exact) mass is 297 g/mol. The van der Waals surface area contributed by atoms with Gasteiger partial charge in [-0.15, -0.1) is 11.3 Å². The number of ether oxygens (including phenoxy) is 1. The predicted octanol–water partition coefficient (Wildman–Crippen LogP) is 2.90. The van der Waals surface area contributed by atoms with Gasteiger partial charge in [-0.3, -0.25) is 0 Å².